The van der Waals surface area contributed by atoms with Crippen LogP contribution in [0.15, 0.2) is 42.5 Å². The highest BCUT2D eigenvalue weighted by atomic mass is 19.1. The largest absolute Gasteiger partial charge is 0.481 e. The topological polar surface area (TPSA) is 116 Å². The van der Waals surface area contributed by atoms with Crippen LogP contribution in [-0.4, -0.2) is 61.1 Å². The van der Waals surface area contributed by atoms with Crippen molar-refractivity contribution >= 4 is 11.9 Å². The Morgan fingerprint density at radius 1 is 1.05 bits per heavy atom. The fraction of sp³-hybridized carbons (Fsp3) is 0.414. The quantitative estimate of drug-likeness (QED) is 0.312. The highest BCUT2D eigenvalue weighted by Gasteiger charge is 2.28. The van der Waals surface area contributed by atoms with E-state index in [0.717, 1.165) is 0 Å². The lowest BCUT2D eigenvalue weighted by Gasteiger charge is -2.19. The van der Waals surface area contributed by atoms with Crippen molar-refractivity contribution in [2.75, 3.05) is 7.05 Å². The van der Waals surface area contributed by atoms with Gasteiger partial charge in [-0.1, -0.05) is 26.0 Å². The molecule has 1 aromatic heterocycles. The van der Waals surface area contributed by atoms with E-state index in [9.17, 15) is 28.6 Å². The van der Waals surface area contributed by atoms with E-state index >= 15 is 0 Å². The van der Waals surface area contributed by atoms with Gasteiger partial charge in [0, 0.05) is 24.8 Å². The molecule has 2 aromatic carbocycles. The monoisotopic (exact) mass is 543 g/mol. The minimum Gasteiger partial charge on any atom is -0.481 e. The van der Waals surface area contributed by atoms with Gasteiger partial charge >= 0.3 is 5.97 Å². The van der Waals surface area contributed by atoms with E-state index in [0.29, 0.717) is 28.1 Å². The SMILES string of the molecule is Cc1c(F)cccc1CN(C)C(=O)c1nn(-c2ccc(F)cc2)c(CCC(O)CC(O)CC(=O)O)c1C(C)C. The number of aliphatic hydroxyl groups excluding tert-OH is 2. The molecule has 0 aliphatic carbocycles. The molecule has 0 saturated heterocycles. The van der Waals surface area contributed by atoms with Crippen LogP contribution in [0.4, 0.5) is 8.78 Å². The maximum absolute atomic E-state index is 14.1. The number of hydrogen-bond donors (Lipinski definition) is 3. The van der Waals surface area contributed by atoms with Crippen molar-refractivity contribution in [3.8, 4) is 5.69 Å². The molecule has 0 aliphatic heterocycles. The molecule has 0 aliphatic rings. The Morgan fingerprint density at radius 3 is 2.33 bits per heavy atom. The third-order valence-electron chi connectivity index (χ3n) is 6.68. The number of halogens is 2. The molecule has 1 amide bonds. The lowest BCUT2D eigenvalue weighted by molar-refractivity contribution is -0.139. The predicted molar refractivity (Wildman–Crippen MR) is 142 cm³/mol. The summed E-state index contributed by atoms with van der Waals surface area (Å²) in [5.74, 6) is -2.46. The Morgan fingerprint density at radius 2 is 1.72 bits per heavy atom. The van der Waals surface area contributed by atoms with Gasteiger partial charge in [-0.25, -0.2) is 13.5 Å². The van der Waals surface area contributed by atoms with Crippen LogP contribution in [0.25, 0.3) is 5.69 Å². The van der Waals surface area contributed by atoms with E-state index in [1.165, 1.54) is 35.2 Å². The van der Waals surface area contributed by atoms with Gasteiger partial charge in [-0.2, -0.15) is 5.10 Å². The number of carbonyl (C=O) groups excluding carboxylic acids is 1. The minimum absolute atomic E-state index is 0.116. The van der Waals surface area contributed by atoms with Crippen LogP contribution in [0.5, 0.6) is 0 Å². The lowest BCUT2D eigenvalue weighted by atomic mass is 9.95. The first-order chi connectivity index (χ1) is 18.4. The number of aromatic nitrogens is 2. The molecule has 0 fully saturated rings. The first-order valence-corrected chi connectivity index (χ1v) is 12.8. The molecule has 0 spiro atoms. The molecule has 3 rings (SSSR count). The van der Waals surface area contributed by atoms with E-state index in [4.69, 9.17) is 5.11 Å². The van der Waals surface area contributed by atoms with Crippen molar-refractivity contribution in [2.45, 2.75) is 71.1 Å². The molecule has 0 bridgehead atoms. The summed E-state index contributed by atoms with van der Waals surface area (Å²) < 4.78 is 29.3. The van der Waals surface area contributed by atoms with Gasteiger partial charge in [0.2, 0.25) is 0 Å². The third-order valence-corrected chi connectivity index (χ3v) is 6.68. The summed E-state index contributed by atoms with van der Waals surface area (Å²) in [5.41, 5.74) is 3.14. The van der Waals surface area contributed by atoms with Crippen LogP contribution in [0.2, 0.25) is 0 Å². The molecule has 0 saturated carbocycles. The number of rotatable bonds is 12. The molecule has 10 heteroatoms. The standard InChI is InChI=1S/C29H35F2N3O5/c1-17(2)27-25(13-12-22(35)14-23(36)15-26(37)38)34(21-10-8-20(30)9-11-21)32-28(27)29(39)33(4)16-19-6-5-7-24(31)18(19)3/h5-11,17,22-23,35-36H,12-16H2,1-4H3,(H,37,38). The summed E-state index contributed by atoms with van der Waals surface area (Å²) in [6.07, 6.45) is -2.34. The average molecular weight is 544 g/mol. The van der Waals surface area contributed by atoms with Crippen molar-refractivity contribution in [1.82, 2.24) is 14.7 Å². The zero-order valence-corrected chi connectivity index (χ0v) is 22.6. The van der Waals surface area contributed by atoms with Crippen molar-refractivity contribution in [1.29, 1.82) is 0 Å². The van der Waals surface area contributed by atoms with Gasteiger partial charge in [0.05, 0.1) is 24.3 Å². The second-order valence-corrected chi connectivity index (χ2v) is 10.1. The van der Waals surface area contributed by atoms with E-state index in [2.05, 4.69) is 5.10 Å². The van der Waals surface area contributed by atoms with Gasteiger partial charge in [0.1, 0.15) is 11.6 Å². The Kier molecular flexibility index (Phi) is 9.93. The Balaban J connectivity index is 1.97. The number of hydrogen-bond acceptors (Lipinski definition) is 5. The Hall–Kier alpha value is -3.63. The van der Waals surface area contributed by atoms with E-state index in [1.807, 2.05) is 13.8 Å². The molecule has 3 aromatic rings. The van der Waals surface area contributed by atoms with Gasteiger partial charge in [-0.3, -0.25) is 9.59 Å². The molecular weight excluding hydrogens is 508 g/mol. The fourth-order valence-corrected chi connectivity index (χ4v) is 4.62. The number of aliphatic hydroxyl groups is 2. The Bertz CT molecular complexity index is 1310. The summed E-state index contributed by atoms with van der Waals surface area (Å²) in [6, 6.07) is 10.4. The average Bonchev–Trinajstić information content (AvgIpc) is 3.24. The smallest absolute Gasteiger partial charge is 0.305 e. The molecule has 0 radical (unpaired) electrons. The zero-order chi connectivity index (χ0) is 28.9. The molecule has 39 heavy (non-hydrogen) atoms. The van der Waals surface area contributed by atoms with Crippen LogP contribution < -0.4 is 0 Å². The van der Waals surface area contributed by atoms with Crippen molar-refractivity contribution < 1.29 is 33.7 Å². The first-order valence-electron chi connectivity index (χ1n) is 12.8. The van der Waals surface area contributed by atoms with Gasteiger partial charge in [0.15, 0.2) is 5.69 Å². The van der Waals surface area contributed by atoms with Crippen molar-refractivity contribution in [3.05, 3.63) is 82.2 Å². The maximum Gasteiger partial charge on any atom is 0.305 e. The van der Waals surface area contributed by atoms with E-state index in [1.54, 1.807) is 30.8 Å². The zero-order valence-electron chi connectivity index (χ0n) is 22.6. The molecule has 210 valence electrons. The number of benzene rings is 2. The van der Waals surface area contributed by atoms with E-state index in [-0.39, 0.29) is 49.1 Å². The van der Waals surface area contributed by atoms with Crippen LogP contribution in [0.3, 0.4) is 0 Å². The molecule has 8 nitrogen and oxygen atoms in total. The summed E-state index contributed by atoms with van der Waals surface area (Å²) in [7, 11) is 1.61. The van der Waals surface area contributed by atoms with Crippen LogP contribution in [0, 0.1) is 18.6 Å². The summed E-state index contributed by atoms with van der Waals surface area (Å²) in [6.45, 7) is 5.65. The molecule has 2 atom stereocenters. The number of carbonyl (C=O) groups is 2. The third kappa shape index (κ3) is 7.48. The maximum atomic E-state index is 14.1. The number of nitrogens with zero attached hydrogens (tertiary/aromatic N) is 3. The van der Waals surface area contributed by atoms with E-state index < -0.39 is 30.4 Å². The second kappa shape index (κ2) is 12.9. The van der Waals surface area contributed by atoms with Crippen molar-refractivity contribution in [2.24, 2.45) is 0 Å². The summed E-state index contributed by atoms with van der Waals surface area (Å²) in [4.78, 5) is 26.0. The highest BCUT2D eigenvalue weighted by molar-refractivity contribution is 5.94. The van der Waals surface area contributed by atoms with Crippen LogP contribution in [0.1, 0.15) is 71.9 Å². The van der Waals surface area contributed by atoms with Crippen LogP contribution >= 0.6 is 0 Å². The van der Waals surface area contributed by atoms with Crippen molar-refractivity contribution in [3.63, 3.8) is 0 Å². The lowest BCUT2D eigenvalue weighted by Crippen LogP contribution is -2.28. The molecule has 3 N–H and O–H groups in total. The van der Waals surface area contributed by atoms with Crippen LogP contribution in [-0.2, 0) is 17.8 Å². The molecular formula is C29H35F2N3O5. The number of aliphatic carboxylic acids is 1. The number of amides is 1. The number of carboxylic acids is 1. The molecule has 1 heterocycles. The highest BCUT2D eigenvalue weighted by Crippen LogP contribution is 2.29. The fourth-order valence-electron chi connectivity index (χ4n) is 4.62. The minimum atomic E-state index is -1.19. The summed E-state index contributed by atoms with van der Waals surface area (Å²) in [5, 5.41) is 33.9. The van der Waals surface area contributed by atoms with Gasteiger partial charge < -0.3 is 20.2 Å². The second-order valence-electron chi connectivity index (χ2n) is 10.1. The van der Waals surface area contributed by atoms with Gasteiger partial charge in [-0.05, 0) is 73.6 Å². The first kappa shape index (κ1) is 29.9. The Labute approximate surface area is 226 Å². The normalized spacial score (nSPS) is 12.9. The van der Waals surface area contributed by atoms with Gasteiger partial charge in [0.25, 0.3) is 5.91 Å². The summed E-state index contributed by atoms with van der Waals surface area (Å²) >= 11 is 0. The predicted octanol–water partition coefficient (Wildman–Crippen LogP) is 4.37. The number of carboxylic acid groups (broad SMARTS) is 1. The van der Waals surface area contributed by atoms with Gasteiger partial charge in [-0.15, -0.1) is 0 Å². The molecule has 2 unspecified atom stereocenters.